The summed E-state index contributed by atoms with van der Waals surface area (Å²) in [6.45, 7) is 1.08. The Bertz CT molecular complexity index is 44.7. The molecule has 0 radical (unpaired) electrons. The summed E-state index contributed by atoms with van der Waals surface area (Å²) in [7, 11) is 0. The predicted octanol–water partition coefficient (Wildman–Crippen LogP) is -0.344. The molecule has 5 heteroatoms. The molecule has 0 saturated carbocycles. The Balaban J connectivity index is -0.00000000625. The normalized spacial score (nSPS) is 3.88. The third-order valence-corrected chi connectivity index (χ3v) is 0. The van der Waals surface area contributed by atoms with Gasteiger partial charge in [-0.25, -0.2) is 0 Å². The summed E-state index contributed by atoms with van der Waals surface area (Å²) in [5, 5.41) is 7.42. The van der Waals surface area contributed by atoms with Crippen LogP contribution in [-0.2, 0) is 4.79 Å². The van der Waals surface area contributed by atoms with Crippen LogP contribution in [0.15, 0.2) is 0 Å². The van der Waals surface area contributed by atoms with Gasteiger partial charge < -0.3 is 13.4 Å². The molecule has 8 heavy (non-hydrogen) atoms. The fraction of sp³-hybridized carbons (Fsp3) is 0.667. The van der Waals surface area contributed by atoms with E-state index >= 15 is 0 Å². The second kappa shape index (κ2) is 24.4. The SMILES string of the molecule is CC(=O)O.CS.O.[Ca+2].[H-].[H-]. The smallest absolute Gasteiger partial charge is 1.00 e. The first-order valence-corrected chi connectivity index (χ1v) is 2.27. The molecule has 0 aromatic rings. The van der Waals surface area contributed by atoms with Gasteiger partial charge >= 0.3 is 37.7 Å². The van der Waals surface area contributed by atoms with Crippen LogP contribution >= 0.6 is 12.6 Å². The van der Waals surface area contributed by atoms with Gasteiger partial charge in [0.15, 0.2) is 0 Å². The van der Waals surface area contributed by atoms with Crippen molar-refractivity contribution in [1.82, 2.24) is 0 Å². The summed E-state index contributed by atoms with van der Waals surface area (Å²) in [5.41, 5.74) is 0. The van der Waals surface area contributed by atoms with Crippen molar-refractivity contribution in [2.45, 2.75) is 6.92 Å². The minimum absolute atomic E-state index is 0. The quantitative estimate of drug-likeness (QED) is 0.383. The number of carbonyl (C=O) groups is 1. The van der Waals surface area contributed by atoms with Crippen LogP contribution in [0, 0.1) is 0 Å². The molecule has 50 valence electrons. The third-order valence-electron chi connectivity index (χ3n) is 0. The first kappa shape index (κ1) is 23.0. The van der Waals surface area contributed by atoms with E-state index < -0.39 is 5.97 Å². The van der Waals surface area contributed by atoms with Gasteiger partial charge in [-0.3, -0.25) is 4.79 Å². The molecule has 0 aromatic heterocycles. The maximum Gasteiger partial charge on any atom is 2.00 e. The van der Waals surface area contributed by atoms with E-state index in [1.165, 1.54) is 0 Å². The van der Waals surface area contributed by atoms with Crippen molar-refractivity contribution >= 4 is 56.3 Å². The van der Waals surface area contributed by atoms with Gasteiger partial charge in [-0.2, -0.15) is 12.6 Å². The summed E-state index contributed by atoms with van der Waals surface area (Å²) < 4.78 is 0. The van der Waals surface area contributed by atoms with Gasteiger partial charge in [-0.1, -0.05) is 0 Å². The van der Waals surface area contributed by atoms with Crippen LogP contribution in [-0.4, -0.2) is 60.5 Å². The van der Waals surface area contributed by atoms with Gasteiger partial charge in [0.25, 0.3) is 5.97 Å². The Labute approximate surface area is 87.2 Å². The monoisotopic (exact) mass is 168 g/mol. The molecule has 0 aliphatic carbocycles. The van der Waals surface area contributed by atoms with E-state index in [-0.39, 0.29) is 46.1 Å². The minimum Gasteiger partial charge on any atom is -1.00 e. The van der Waals surface area contributed by atoms with Crippen LogP contribution in [0.5, 0.6) is 0 Å². The summed E-state index contributed by atoms with van der Waals surface area (Å²) in [6, 6.07) is 0. The van der Waals surface area contributed by atoms with Crippen LogP contribution < -0.4 is 0 Å². The fourth-order valence-electron chi connectivity index (χ4n) is 0. The summed E-state index contributed by atoms with van der Waals surface area (Å²) in [4.78, 5) is 9.00. The first-order valence-electron chi connectivity index (χ1n) is 1.37. The predicted molar refractivity (Wildman–Crippen MR) is 39.8 cm³/mol. The molecular weight excluding hydrogens is 156 g/mol. The van der Waals surface area contributed by atoms with Crippen molar-refractivity contribution in [3.05, 3.63) is 0 Å². The van der Waals surface area contributed by atoms with E-state index in [0.717, 1.165) is 6.92 Å². The Hall–Kier alpha value is 1.04. The van der Waals surface area contributed by atoms with Crippen LogP contribution in [0.4, 0.5) is 0 Å². The summed E-state index contributed by atoms with van der Waals surface area (Å²) >= 11 is 3.53. The summed E-state index contributed by atoms with van der Waals surface area (Å²) in [6.07, 6.45) is 1.69. The maximum absolute atomic E-state index is 9.00. The molecular formula is C3H12CaO3S. The molecule has 0 amide bonds. The number of hydrogen-bond donors (Lipinski definition) is 2. The fourth-order valence-corrected chi connectivity index (χ4v) is 0. The topological polar surface area (TPSA) is 68.8 Å². The molecule has 0 saturated heterocycles. The Kier molecular flexibility index (Phi) is 70.2. The van der Waals surface area contributed by atoms with Gasteiger partial charge in [0.2, 0.25) is 0 Å². The second-order valence-electron chi connectivity index (χ2n) is 0.519. The number of carboxylic acids is 1. The Morgan fingerprint density at radius 3 is 1.62 bits per heavy atom. The van der Waals surface area contributed by atoms with Crippen molar-refractivity contribution in [1.29, 1.82) is 0 Å². The molecule has 0 fully saturated rings. The van der Waals surface area contributed by atoms with E-state index in [4.69, 9.17) is 9.90 Å². The van der Waals surface area contributed by atoms with Gasteiger partial charge in [-0.15, -0.1) is 0 Å². The zero-order valence-electron chi connectivity index (χ0n) is 7.01. The first-order chi connectivity index (χ1) is 2.73. The van der Waals surface area contributed by atoms with E-state index in [9.17, 15) is 0 Å². The Morgan fingerprint density at radius 2 is 1.62 bits per heavy atom. The minimum atomic E-state index is -0.833. The molecule has 0 aliphatic heterocycles. The van der Waals surface area contributed by atoms with Crippen LogP contribution in [0.25, 0.3) is 0 Å². The molecule has 0 aliphatic rings. The van der Waals surface area contributed by atoms with Gasteiger partial charge in [0.05, 0.1) is 0 Å². The zero-order chi connectivity index (χ0) is 5.58. The Morgan fingerprint density at radius 1 is 1.62 bits per heavy atom. The maximum atomic E-state index is 9.00. The molecule has 0 rings (SSSR count). The number of hydrogen-bond acceptors (Lipinski definition) is 2. The van der Waals surface area contributed by atoms with Crippen molar-refractivity contribution < 1.29 is 18.2 Å². The van der Waals surface area contributed by atoms with Crippen LogP contribution in [0.3, 0.4) is 0 Å². The molecule has 3 N–H and O–H groups in total. The average Bonchev–Trinajstić information content (AvgIpc) is 1.41. The second-order valence-corrected chi connectivity index (χ2v) is 0.519. The van der Waals surface area contributed by atoms with Crippen LogP contribution in [0.2, 0.25) is 0 Å². The molecule has 0 aromatic carbocycles. The van der Waals surface area contributed by atoms with Crippen molar-refractivity contribution in [2.75, 3.05) is 6.26 Å². The van der Waals surface area contributed by atoms with E-state index in [1.807, 2.05) is 0 Å². The van der Waals surface area contributed by atoms with Crippen molar-refractivity contribution in [2.24, 2.45) is 0 Å². The molecule has 3 nitrogen and oxygen atoms in total. The molecule has 0 unspecified atom stereocenters. The largest absolute Gasteiger partial charge is 2.00 e. The van der Waals surface area contributed by atoms with Crippen molar-refractivity contribution in [3.8, 4) is 0 Å². The number of aliphatic carboxylic acids is 1. The van der Waals surface area contributed by atoms with Crippen LogP contribution in [0.1, 0.15) is 9.78 Å². The van der Waals surface area contributed by atoms with E-state index in [2.05, 4.69) is 12.6 Å². The zero-order valence-corrected chi connectivity index (χ0v) is 8.11. The standard InChI is InChI=1S/C2H4O2.CH4S.Ca.H2O.2H/c1-2(3)4;1-2;;;;/h1H3,(H,3,4);2H,1H3;;1H2;;/q;;+2;;2*-1. The van der Waals surface area contributed by atoms with Crippen molar-refractivity contribution in [3.63, 3.8) is 0 Å². The summed E-state index contributed by atoms with van der Waals surface area (Å²) in [5.74, 6) is -0.833. The molecule has 0 heterocycles. The van der Waals surface area contributed by atoms with Gasteiger partial charge in [0.1, 0.15) is 0 Å². The third kappa shape index (κ3) is 238. The molecule has 0 atom stereocenters. The number of rotatable bonds is 0. The van der Waals surface area contributed by atoms with E-state index in [0.29, 0.717) is 0 Å². The van der Waals surface area contributed by atoms with E-state index in [1.54, 1.807) is 6.26 Å². The number of carboxylic acid groups (broad SMARTS) is 1. The van der Waals surface area contributed by atoms with Gasteiger partial charge in [0, 0.05) is 6.92 Å². The average molecular weight is 168 g/mol. The number of thiol groups is 1. The molecule has 0 spiro atoms. The molecule has 0 bridgehead atoms. The van der Waals surface area contributed by atoms with Gasteiger partial charge in [-0.05, 0) is 6.26 Å².